The van der Waals surface area contributed by atoms with Gasteiger partial charge in [0.25, 0.3) is 0 Å². The van der Waals surface area contributed by atoms with Crippen molar-refractivity contribution in [3.05, 3.63) is 35.1 Å². The van der Waals surface area contributed by atoms with Crippen LogP contribution in [0.1, 0.15) is 6.42 Å². The molecule has 4 nitrogen and oxygen atoms in total. The molecule has 0 atom stereocenters. The molecule has 1 aliphatic heterocycles. The fraction of sp³-hybridized carbons (Fsp3) is 0.364. The molecular formula is C11H10ClF3N2O2S. The maximum atomic E-state index is 12.5. The Labute approximate surface area is 118 Å². The van der Waals surface area contributed by atoms with Crippen molar-refractivity contribution < 1.29 is 21.6 Å². The van der Waals surface area contributed by atoms with Crippen LogP contribution in [-0.4, -0.2) is 37.0 Å². The zero-order valence-electron chi connectivity index (χ0n) is 10.1. The molecular weight excluding hydrogens is 317 g/mol. The number of sulfonamides is 1. The van der Waals surface area contributed by atoms with Crippen LogP contribution >= 0.6 is 11.6 Å². The fourth-order valence-electron chi connectivity index (χ4n) is 1.82. The largest absolute Gasteiger partial charge is 0.412 e. The molecule has 0 spiro atoms. The van der Waals surface area contributed by atoms with Crippen LogP contribution in [0.4, 0.5) is 13.2 Å². The molecule has 0 saturated heterocycles. The van der Waals surface area contributed by atoms with Crippen molar-refractivity contribution in [2.45, 2.75) is 17.5 Å². The van der Waals surface area contributed by atoms with Crippen molar-refractivity contribution in [3.8, 4) is 0 Å². The summed E-state index contributed by atoms with van der Waals surface area (Å²) in [6.07, 6.45) is -2.64. The highest BCUT2D eigenvalue weighted by Crippen LogP contribution is 2.31. The quantitative estimate of drug-likeness (QED) is 0.620. The molecule has 0 bridgehead atoms. The molecule has 2 heterocycles. The van der Waals surface area contributed by atoms with Crippen molar-refractivity contribution in [2.24, 2.45) is 0 Å². The first kappa shape index (κ1) is 15.3. The number of hydrogen-bond donors (Lipinski definition) is 0. The van der Waals surface area contributed by atoms with Crippen LogP contribution in [-0.2, 0) is 10.0 Å². The molecule has 1 aromatic rings. The maximum Gasteiger partial charge on any atom is 0.412 e. The van der Waals surface area contributed by atoms with Gasteiger partial charge in [0.05, 0.1) is 4.90 Å². The van der Waals surface area contributed by atoms with Gasteiger partial charge in [0.15, 0.2) is 0 Å². The Morgan fingerprint density at radius 3 is 2.55 bits per heavy atom. The summed E-state index contributed by atoms with van der Waals surface area (Å²) in [5.74, 6) is 0. The number of aromatic nitrogens is 1. The molecule has 0 fully saturated rings. The van der Waals surface area contributed by atoms with Gasteiger partial charge in [0.1, 0.15) is 5.15 Å². The molecule has 0 amide bonds. The minimum atomic E-state index is -4.41. The standard InChI is InChI=1S/C11H10ClF3N2O2S/c12-10-7-9(1-4-16-10)20(18,19)17-5-2-8(3-6-17)11(13,14)15/h1-2,4,7H,3,5-6H2. The normalized spacial score (nSPS) is 17.9. The highest BCUT2D eigenvalue weighted by molar-refractivity contribution is 7.89. The minimum absolute atomic E-state index is 0.00890. The van der Waals surface area contributed by atoms with E-state index >= 15 is 0 Å². The Kier molecular flexibility index (Phi) is 4.08. The highest BCUT2D eigenvalue weighted by atomic mass is 35.5. The number of rotatable bonds is 2. The van der Waals surface area contributed by atoms with Gasteiger partial charge in [-0.25, -0.2) is 13.4 Å². The summed E-state index contributed by atoms with van der Waals surface area (Å²) in [5.41, 5.74) is -0.697. The van der Waals surface area contributed by atoms with Crippen LogP contribution in [0.5, 0.6) is 0 Å². The smallest absolute Gasteiger partial charge is 0.244 e. The first-order chi connectivity index (χ1) is 9.21. The Morgan fingerprint density at radius 2 is 2.05 bits per heavy atom. The molecule has 110 valence electrons. The highest BCUT2D eigenvalue weighted by Gasteiger charge is 2.37. The van der Waals surface area contributed by atoms with E-state index in [0.717, 1.165) is 10.4 Å². The third-order valence-corrected chi connectivity index (χ3v) is 4.94. The van der Waals surface area contributed by atoms with Crippen LogP contribution in [0.3, 0.4) is 0 Å². The van der Waals surface area contributed by atoms with Gasteiger partial charge in [-0.05, 0) is 18.6 Å². The Hall–Kier alpha value is -1.12. The van der Waals surface area contributed by atoms with Gasteiger partial charge in [-0.15, -0.1) is 0 Å². The van der Waals surface area contributed by atoms with Crippen LogP contribution in [0, 0.1) is 0 Å². The van der Waals surface area contributed by atoms with Gasteiger partial charge < -0.3 is 0 Å². The Morgan fingerprint density at radius 1 is 1.35 bits per heavy atom. The van der Waals surface area contributed by atoms with Gasteiger partial charge in [-0.1, -0.05) is 17.7 Å². The molecule has 0 aromatic carbocycles. The zero-order chi connectivity index (χ0) is 15.0. The average Bonchev–Trinajstić information content (AvgIpc) is 2.38. The molecule has 0 unspecified atom stereocenters. The number of pyridine rings is 1. The van der Waals surface area contributed by atoms with Gasteiger partial charge >= 0.3 is 6.18 Å². The molecule has 20 heavy (non-hydrogen) atoms. The first-order valence-corrected chi connectivity index (χ1v) is 7.41. The summed E-state index contributed by atoms with van der Waals surface area (Å²) in [4.78, 5) is 3.58. The number of nitrogens with zero attached hydrogens (tertiary/aromatic N) is 2. The molecule has 0 radical (unpaired) electrons. The van der Waals surface area contributed by atoms with Gasteiger partial charge in [-0.2, -0.15) is 17.5 Å². The van der Waals surface area contributed by atoms with E-state index in [-0.39, 0.29) is 29.6 Å². The summed E-state index contributed by atoms with van der Waals surface area (Å²) in [6.45, 7) is -0.523. The summed E-state index contributed by atoms with van der Waals surface area (Å²) in [5, 5.41) is 0.00890. The second kappa shape index (κ2) is 5.34. The van der Waals surface area contributed by atoms with E-state index in [1.807, 2.05) is 0 Å². The predicted molar refractivity (Wildman–Crippen MR) is 66.8 cm³/mol. The van der Waals surface area contributed by atoms with E-state index in [1.54, 1.807) is 0 Å². The van der Waals surface area contributed by atoms with Gasteiger partial charge in [0.2, 0.25) is 10.0 Å². The third kappa shape index (κ3) is 3.13. The van der Waals surface area contributed by atoms with Crippen molar-refractivity contribution in [2.75, 3.05) is 13.1 Å². The lowest BCUT2D eigenvalue weighted by atomic mass is 10.1. The zero-order valence-corrected chi connectivity index (χ0v) is 11.6. The average molecular weight is 327 g/mol. The number of halogens is 4. The molecule has 1 aliphatic rings. The lowest BCUT2D eigenvalue weighted by molar-refractivity contribution is -0.0953. The minimum Gasteiger partial charge on any atom is -0.244 e. The van der Waals surface area contributed by atoms with E-state index in [0.29, 0.717) is 0 Å². The maximum absolute atomic E-state index is 12.5. The van der Waals surface area contributed by atoms with E-state index in [4.69, 9.17) is 11.6 Å². The molecule has 9 heteroatoms. The second-order valence-corrected chi connectivity index (χ2v) is 6.48. The van der Waals surface area contributed by atoms with E-state index < -0.39 is 21.8 Å². The van der Waals surface area contributed by atoms with E-state index in [1.165, 1.54) is 18.3 Å². The monoisotopic (exact) mass is 326 g/mol. The molecule has 2 rings (SSSR count). The lowest BCUT2D eigenvalue weighted by Crippen LogP contribution is -2.36. The van der Waals surface area contributed by atoms with Crippen molar-refractivity contribution in [1.29, 1.82) is 0 Å². The fourth-order valence-corrected chi connectivity index (χ4v) is 3.45. The van der Waals surface area contributed by atoms with E-state index in [2.05, 4.69) is 4.98 Å². The van der Waals surface area contributed by atoms with Crippen molar-refractivity contribution >= 4 is 21.6 Å². The lowest BCUT2D eigenvalue weighted by Gasteiger charge is -2.26. The van der Waals surface area contributed by atoms with Crippen molar-refractivity contribution in [3.63, 3.8) is 0 Å². The molecule has 0 N–H and O–H groups in total. The Bertz CT molecular complexity index is 643. The van der Waals surface area contributed by atoms with Crippen LogP contribution in [0.15, 0.2) is 34.9 Å². The SMILES string of the molecule is O=S(=O)(c1ccnc(Cl)c1)N1CC=C(C(F)(F)F)CC1. The van der Waals surface area contributed by atoms with Crippen LogP contribution < -0.4 is 0 Å². The topological polar surface area (TPSA) is 50.3 Å². The number of hydrogen-bond acceptors (Lipinski definition) is 3. The summed E-state index contributed by atoms with van der Waals surface area (Å²) in [6, 6.07) is 2.42. The van der Waals surface area contributed by atoms with Crippen LogP contribution in [0.2, 0.25) is 5.15 Å². The summed E-state index contributed by atoms with van der Waals surface area (Å²) in [7, 11) is -3.86. The summed E-state index contributed by atoms with van der Waals surface area (Å²) < 4.78 is 62.9. The predicted octanol–water partition coefficient (Wildman–Crippen LogP) is 2.62. The summed E-state index contributed by atoms with van der Waals surface area (Å²) >= 11 is 5.62. The number of alkyl halides is 3. The second-order valence-electron chi connectivity index (χ2n) is 4.15. The van der Waals surface area contributed by atoms with Crippen LogP contribution in [0.25, 0.3) is 0 Å². The van der Waals surface area contributed by atoms with E-state index in [9.17, 15) is 21.6 Å². The van der Waals surface area contributed by atoms with Gasteiger partial charge in [-0.3, -0.25) is 0 Å². The van der Waals surface area contributed by atoms with Gasteiger partial charge in [0, 0.05) is 24.9 Å². The molecule has 0 aliphatic carbocycles. The molecule has 1 aromatic heterocycles. The third-order valence-electron chi connectivity index (χ3n) is 2.87. The van der Waals surface area contributed by atoms with Crippen molar-refractivity contribution in [1.82, 2.24) is 9.29 Å². The first-order valence-electron chi connectivity index (χ1n) is 5.59. The molecule has 0 saturated carbocycles. The Balaban J connectivity index is 2.24.